The first kappa shape index (κ1) is 16.2. The first-order chi connectivity index (χ1) is 27.3. The average Bonchev–Trinajstić information content (AvgIpc) is 3.60. The van der Waals surface area contributed by atoms with Gasteiger partial charge in [-0.15, -0.1) is 0 Å². The monoisotopic (exact) mass is 584 g/mol. The van der Waals surface area contributed by atoms with Crippen LogP contribution in [0.4, 0.5) is 0 Å². The summed E-state index contributed by atoms with van der Waals surface area (Å²) >= 11 is 0. The molecule has 0 N–H and O–H groups in total. The molecule has 8 aromatic carbocycles. The van der Waals surface area contributed by atoms with E-state index >= 15 is 0 Å². The molecule has 0 aliphatic rings. The van der Waals surface area contributed by atoms with Crippen LogP contribution in [0.15, 0.2) is 170 Å². The molecule has 0 amide bonds. The first-order valence-electron chi connectivity index (χ1n) is 20.4. The maximum absolute atomic E-state index is 9.26. The molecule has 0 radical (unpaired) electrons. The zero-order chi connectivity index (χ0) is 40.2. The van der Waals surface area contributed by atoms with Crippen molar-refractivity contribution in [2.24, 2.45) is 0 Å². The van der Waals surface area contributed by atoms with Crippen molar-refractivity contribution in [3.05, 3.63) is 170 Å². The molecule has 1 aromatic heterocycles. The van der Waals surface area contributed by atoms with Crippen LogP contribution in [0.25, 0.3) is 82.7 Å². The molecule has 45 heavy (non-hydrogen) atoms. The zero-order valence-electron chi connectivity index (χ0n) is 35.6. The number of fused-ring (bicyclic) bond motifs is 4. The van der Waals surface area contributed by atoms with Crippen molar-refractivity contribution in [2.75, 3.05) is 0 Å². The van der Waals surface area contributed by atoms with E-state index < -0.39 is 54.4 Å². The fourth-order valence-electron chi connectivity index (χ4n) is 6.37. The summed E-state index contributed by atoms with van der Waals surface area (Å²) < 4.78 is 106. The van der Waals surface area contributed by atoms with E-state index in [0.717, 1.165) is 5.56 Å². The summed E-state index contributed by atoms with van der Waals surface area (Å²) in [4.78, 5) is 4.87. The Kier molecular flexibility index (Phi) is 3.71. The standard InChI is InChI=1S/C43H28N2/c1-2-16-30(17-3-1)43-44-38-26-11-13-28-40(38)45(43)39-27-12-10-24-37(39)42-35-22-8-6-20-33(35)41(34-21-7-9-23-36(34)42)32-25-14-18-29-15-4-5-19-31(29)32/h1-28H/i1D,2D,3D,4D,5D,14D,15D,16D,17D,18D,19D,25D. The average molecular weight is 585 g/mol. The molecule has 2 nitrogen and oxygen atoms in total. The van der Waals surface area contributed by atoms with E-state index in [4.69, 9.17) is 20.1 Å². The predicted molar refractivity (Wildman–Crippen MR) is 190 cm³/mol. The van der Waals surface area contributed by atoms with E-state index in [-0.39, 0.29) is 45.9 Å². The fourth-order valence-corrected chi connectivity index (χ4v) is 6.37. The van der Waals surface area contributed by atoms with Crippen LogP contribution >= 0.6 is 0 Å². The Balaban J connectivity index is 1.45. The first-order valence-corrected chi connectivity index (χ1v) is 14.4. The molecule has 0 unspecified atom stereocenters. The highest BCUT2D eigenvalue weighted by Crippen LogP contribution is 2.47. The molecule has 0 bridgehead atoms. The van der Waals surface area contributed by atoms with Gasteiger partial charge in [0.05, 0.1) is 33.2 Å². The normalized spacial score (nSPS) is 15.3. The van der Waals surface area contributed by atoms with Crippen LogP contribution in [0, 0.1) is 0 Å². The zero-order valence-corrected chi connectivity index (χ0v) is 23.6. The van der Waals surface area contributed by atoms with Gasteiger partial charge in [0, 0.05) is 11.1 Å². The van der Waals surface area contributed by atoms with Crippen molar-refractivity contribution in [2.45, 2.75) is 0 Å². The smallest absolute Gasteiger partial charge is 0.145 e. The number of hydrogen-bond acceptors (Lipinski definition) is 1. The van der Waals surface area contributed by atoms with E-state index in [0.29, 0.717) is 49.4 Å². The Bertz CT molecular complexity index is 3130. The molecule has 9 rings (SSSR count). The van der Waals surface area contributed by atoms with Gasteiger partial charge in [-0.05, 0) is 67.2 Å². The maximum atomic E-state index is 9.26. The van der Waals surface area contributed by atoms with E-state index in [1.807, 2.05) is 91.0 Å². The van der Waals surface area contributed by atoms with E-state index in [1.54, 1.807) is 10.6 Å². The molecular formula is C43H28N2. The Morgan fingerprint density at radius 1 is 0.467 bits per heavy atom. The van der Waals surface area contributed by atoms with E-state index in [9.17, 15) is 1.37 Å². The minimum Gasteiger partial charge on any atom is -0.292 e. The second-order valence-electron chi connectivity index (χ2n) is 10.6. The van der Waals surface area contributed by atoms with Gasteiger partial charge in [-0.25, -0.2) is 4.98 Å². The quantitative estimate of drug-likeness (QED) is 0.188. The molecular weight excluding hydrogens is 544 g/mol. The lowest BCUT2D eigenvalue weighted by Crippen LogP contribution is -2.01. The van der Waals surface area contributed by atoms with Crippen molar-refractivity contribution >= 4 is 43.4 Å². The second kappa shape index (κ2) is 10.3. The van der Waals surface area contributed by atoms with Gasteiger partial charge in [-0.1, -0.05) is 151 Å². The summed E-state index contributed by atoms with van der Waals surface area (Å²) in [6.07, 6.45) is 0. The summed E-state index contributed by atoms with van der Waals surface area (Å²) in [7, 11) is 0. The van der Waals surface area contributed by atoms with Gasteiger partial charge in [-0.2, -0.15) is 0 Å². The highest BCUT2D eigenvalue weighted by atomic mass is 15.1. The van der Waals surface area contributed by atoms with Crippen molar-refractivity contribution in [3.63, 3.8) is 0 Å². The van der Waals surface area contributed by atoms with Crippen molar-refractivity contribution < 1.29 is 16.4 Å². The summed E-state index contributed by atoms with van der Waals surface area (Å²) in [6, 6.07) is 24.4. The van der Waals surface area contributed by atoms with Gasteiger partial charge >= 0.3 is 0 Å². The van der Waals surface area contributed by atoms with Crippen molar-refractivity contribution in [1.82, 2.24) is 9.55 Å². The summed E-state index contributed by atoms with van der Waals surface area (Å²) in [5.41, 5.74) is 3.78. The van der Waals surface area contributed by atoms with Gasteiger partial charge in [0.2, 0.25) is 0 Å². The van der Waals surface area contributed by atoms with Crippen LogP contribution in [0.3, 0.4) is 0 Å². The number of rotatable bonds is 4. The Morgan fingerprint density at radius 2 is 1.04 bits per heavy atom. The third-order valence-electron chi connectivity index (χ3n) is 8.19. The molecule has 0 atom stereocenters. The highest BCUT2D eigenvalue weighted by Gasteiger charge is 2.22. The molecule has 0 saturated carbocycles. The summed E-state index contributed by atoms with van der Waals surface area (Å²) in [6.45, 7) is 0. The van der Waals surface area contributed by atoms with Crippen LogP contribution in [0.2, 0.25) is 0 Å². The second-order valence-corrected chi connectivity index (χ2v) is 10.6. The summed E-state index contributed by atoms with van der Waals surface area (Å²) in [5, 5.41) is 2.53. The largest absolute Gasteiger partial charge is 0.292 e. The van der Waals surface area contributed by atoms with Crippen LogP contribution in [-0.4, -0.2) is 9.55 Å². The predicted octanol–water partition coefficient (Wildman–Crippen LogP) is 11.5. The van der Waals surface area contributed by atoms with Gasteiger partial charge in [0.1, 0.15) is 5.82 Å². The molecule has 0 saturated heterocycles. The molecule has 0 fully saturated rings. The maximum Gasteiger partial charge on any atom is 0.145 e. The van der Waals surface area contributed by atoms with Gasteiger partial charge < -0.3 is 0 Å². The van der Waals surface area contributed by atoms with E-state index in [1.165, 1.54) is 0 Å². The van der Waals surface area contributed by atoms with Gasteiger partial charge in [-0.3, -0.25) is 4.57 Å². The van der Waals surface area contributed by atoms with Crippen LogP contribution < -0.4 is 0 Å². The lowest BCUT2D eigenvalue weighted by Gasteiger charge is -2.21. The SMILES string of the molecule is [2H]c1c([2H])c([2H])c(-c2nc3ccccc3n2-c2ccccc2-c2c3ccccc3c(-c3c([2H])c([2H])c([2H])c4c([2H])c([2H])c([2H])c([2H])c34)c3ccccc23)c([2H])c1[2H]. The van der Waals surface area contributed by atoms with Crippen LogP contribution in [-0.2, 0) is 0 Å². The third-order valence-corrected chi connectivity index (χ3v) is 8.19. The lowest BCUT2D eigenvalue weighted by molar-refractivity contribution is 1.10. The third kappa shape index (κ3) is 4.00. The molecule has 2 heteroatoms. The molecule has 0 aliphatic carbocycles. The molecule has 9 aromatic rings. The van der Waals surface area contributed by atoms with Gasteiger partial charge in [0.15, 0.2) is 0 Å². The summed E-state index contributed by atoms with van der Waals surface area (Å²) in [5.74, 6) is 0.156. The molecule has 0 aliphatic heterocycles. The van der Waals surface area contributed by atoms with Crippen molar-refractivity contribution in [1.29, 1.82) is 0 Å². The minimum atomic E-state index is -0.527. The Labute approximate surface area is 278 Å². The minimum absolute atomic E-state index is 0.0106. The van der Waals surface area contributed by atoms with Crippen molar-refractivity contribution in [3.8, 4) is 39.3 Å². The Morgan fingerprint density at radius 3 is 1.80 bits per heavy atom. The van der Waals surface area contributed by atoms with Crippen LogP contribution in [0.1, 0.15) is 16.4 Å². The number of hydrogen-bond donors (Lipinski definition) is 0. The Hall–Kier alpha value is -5.99. The van der Waals surface area contributed by atoms with Crippen LogP contribution in [0.5, 0.6) is 0 Å². The number of nitrogens with zero attached hydrogens (tertiary/aromatic N) is 2. The molecule has 1 heterocycles. The lowest BCUT2D eigenvalue weighted by atomic mass is 9.84. The highest BCUT2D eigenvalue weighted by molar-refractivity contribution is 6.24. The number of benzene rings is 8. The topological polar surface area (TPSA) is 17.8 Å². The molecule has 0 spiro atoms. The van der Waals surface area contributed by atoms with E-state index in [2.05, 4.69) is 0 Å². The number of aromatic nitrogens is 2. The fraction of sp³-hybridized carbons (Fsp3) is 0. The number of para-hydroxylation sites is 3. The molecule has 210 valence electrons. The number of imidazole rings is 1. The van der Waals surface area contributed by atoms with Gasteiger partial charge in [0.25, 0.3) is 0 Å².